The van der Waals surface area contributed by atoms with Gasteiger partial charge in [0, 0.05) is 12.1 Å². The summed E-state index contributed by atoms with van der Waals surface area (Å²) in [6.07, 6.45) is 7.11. The van der Waals surface area contributed by atoms with Gasteiger partial charge in [0.25, 0.3) is 0 Å². The maximum Gasteiger partial charge on any atom is 0.0943 e. The van der Waals surface area contributed by atoms with Crippen molar-refractivity contribution < 1.29 is 5.11 Å². The number of hydrogen-bond acceptors (Lipinski definition) is 2. The largest absolute Gasteiger partial charge is 0.387 e. The maximum absolute atomic E-state index is 10.7. The summed E-state index contributed by atoms with van der Waals surface area (Å²) in [5.41, 5.74) is 3.59. The SMILES string of the molecule is CCC(NC1CCCCC1)C(O)c1ccc(C)c(C)c1. The van der Waals surface area contributed by atoms with E-state index >= 15 is 0 Å². The van der Waals surface area contributed by atoms with Gasteiger partial charge in [0.1, 0.15) is 0 Å². The number of benzene rings is 1. The molecular weight excluding hydrogens is 246 g/mol. The summed E-state index contributed by atoms with van der Waals surface area (Å²) in [7, 11) is 0. The lowest BCUT2D eigenvalue weighted by molar-refractivity contribution is 0.114. The van der Waals surface area contributed by atoms with Crippen molar-refractivity contribution in [3.8, 4) is 0 Å². The fourth-order valence-electron chi connectivity index (χ4n) is 3.19. The predicted octanol–water partition coefficient (Wildman–Crippen LogP) is 4.04. The van der Waals surface area contributed by atoms with Crippen LogP contribution in [-0.2, 0) is 0 Å². The van der Waals surface area contributed by atoms with Crippen molar-refractivity contribution in [2.75, 3.05) is 0 Å². The zero-order valence-corrected chi connectivity index (χ0v) is 13.2. The first-order valence-corrected chi connectivity index (χ1v) is 8.13. The number of aliphatic hydroxyl groups is 1. The second-order valence-electron chi connectivity index (χ2n) is 6.30. The maximum atomic E-state index is 10.7. The van der Waals surface area contributed by atoms with Gasteiger partial charge in [-0.2, -0.15) is 0 Å². The number of rotatable bonds is 5. The Morgan fingerprint density at radius 2 is 1.85 bits per heavy atom. The summed E-state index contributed by atoms with van der Waals surface area (Å²) < 4.78 is 0. The van der Waals surface area contributed by atoms with E-state index in [-0.39, 0.29) is 6.04 Å². The van der Waals surface area contributed by atoms with Crippen LogP contribution in [0.4, 0.5) is 0 Å². The van der Waals surface area contributed by atoms with E-state index in [0.717, 1.165) is 12.0 Å². The Hall–Kier alpha value is -0.860. The first kappa shape index (κ1) is 15.5. The molecule has 112 valence electrons. The van der Waals surface area contributed by atoms with Crippen molar-refractivity contribution in [2.24, 2.45) is 0 Å². The molecule has 0 heterocycles. The van der Waals surface area contributed by atoms with Crippen LogP contribution < -0.4 is 5.32 Å². The Labute approximate surface area is 123 Å². The van der Waals surface area contributed by atoms with Crippen LogP contribution in [0.1, 0.15) is 68.2 Å². The minimum absolute atomic E-state index is 0.167. The summed E-state index contributed by atoms with van der Waals surface area (Å²) in [5, 5.41) is 14.4. The van der Waals surface area contributed by atoms with Crippen molar-refractivity contribution in [3.05, 3.63) is 34.9 Å². The molecule has 1 fully saturated rings. The van der Waals surface area contributed by atoms with Gasteiger partial charge in [-0.05, 0) is 49.8 Å². The molecule has 20 heavy (non-hydrogen) atoms. The second kappa shape index (κ2) is 7.24. The molecule has 0 spiro atoms. The van der Waals surface area contributed by atoms with Crippen LogP contribution in [0.3, 0.4) is 0 Å². The summed E-state index contributed by atoms with van der Waals surface area (Å²) >= 11 is 0. The minimum Gasteiger partial charge on any atom is -0.387 e. The molecule has 0 saturated heterocycles. The van der Waals surface area contributed by atoms with Gasteiger partial charge in [-0.25, -0.2) is 0 Å². The van der Waals surface area contributed by atoms with Crippen LogP contribution in [0, 0.1) is 13.8 Å². The van der Waals surface area contributed by atoms with Crippen molar-refractivity contribution in [2.45, 2.75) is 77.5 Å². The Kier molecular flexibility index (Phi) is 5.62. The van der Waals surface area contributed by atoms with Crippen molar-refractivity contribution in [3.63, 3.8) is 0 Å². The van der Waals surface area contributed by atoms with Gasteiger partial charge < -0.3 is 10.4 Å². The van der Waals surface area contributed by atoms with Gasteiger partial charge in [-0.15, -0.1) is 0 Å². The lowest BCUT2D eigenvalue weighted by Crippen LogP contribution is -2.42. The van der Waals surface area contributed by atoms with E-state index in [9.17, 15) is 5.11 Å². The average Bonchev–Trinajstić information content (AvgIpc) is 2.48. The van der Waals surface area contributed by atoms with Gasteiger partial charge in [-0.1, -0.05) is 44.4 Å². The van der Waals surface area contributed by atoms with Gasteiger partial charge in [0.15, 0.2) is 0 Å². The summed E-state index contributed by atoms with van der Waals surface area (Å²) in [6, 6.07) is 7.07. The molecule has 2 N–H and O–H groups in total. The summed E-state index contributed by atoms with van der Waals surface area (Å²) in [5.74, 6) is 0. The number of nitrogens with one attached hydrogen (secondary N) is 1. The van der Waals surface area contributed by atoms with E-state index in [1.54, 1.807) is 0 Å². The molecule has 0 amide bonds. The zero-order valence-electron chi connectivity index (χ0n) is 13.2. The van der Waals surface area contributed by atoms with E-state index in [1.807, 2.05) is 0 Å². The first-order chi connectivity index (χ1) is 9.61. The van der Waals surface area contributed by atoms with Crippen molar-refractivity contribution >= 4 is 0 Å². The monoisotopic (exact) mass is 275 g/mol. The third kappa shape index (κ3) is 3.83. The molecule has 1 aliphatic rings. The molecule has 0 aliphatic heterocycles. The predicted molar refractivity (Wildman–Crippen MR) is 85.0 cm³/mol. The highest BCUT2D eigenvalue weighted by Gasteiger charge is 2.23. The highest BCUT2D eigenvalue weighted by molar-refractivity contribution is 5.31. The first-order valence-electron chi connectivity index (χ1n) is 8.13. The highest BCUT2D eigenvalue weighted by Crippen LogP contribution is 2.24. The third-order valence-electron chi connectivity index (χ3n) is 4.75. The molecule has 1 aromatic rings. The topological polar surface area (TPSA) is 32.3 Å². The number of aliphatic hydroxyl groups excluding tert-OH is 1. The number of hydrogen-bond donors (Lipinski definition) is 2. The molecular formula is C18H29NO. The Morgan fingerprint density at radius 1 is 1.15 bits per heavy atom. The molecule has 0 radical (unpaired) electrons. The molecule has 2 unspecified atom stereocenters. The lowest BCUT2D eigenvalue weighted by atomic mass is 9.92. The van der Waals surface area contributed by atoms with Gasteiger partial charge in [-0.3, -0.25) is 0 Å². The molecule has 0 aromatic heterocycles. The van der Waals surface area contributed by atoms with Crippen molar-refractivity contribution in [1.82, 2.24) is 5.32 Å². The standard InChI is InChI=1S/C18H29NO/c1-4-17(19-16-8-6-5-7-9-16)18(20)15-11-10-13(2)14(3)12-15/h10-12,16-20H,4-9H2,1-3H3. The third-order valence-corrected chi connectivity index (χ3v) is 4.75. The smallest absolute Gasteiger partial charge is 0.0943 e. The molecule has 2 nitrogen and oxygen atoms in total. The van der Waals surface area contributed by atoms with Crippen LogP contribution in [0.25, 0.3) is 0 Å². The summed E-state index contributed by atoms with van der Waals surface area (Å²) in [6.45, 7) is 6.38. The zero-order chi connectivity index (χ0) is 14.5. The van der Waals surface area contributed by atoms with Crippen LogP contribution in [-0.4, -0.2) is 17.2 Å². The molecule has 1 aliphatic carbocycles. The van der Waals surface area contributed by atoms with Gasteiger partial charge in [0.2, 0.25) is 0 Å². The van der Waals surface area contributed by atoms with E-state index in [2.05, 4.69) is 44.3 Å². The average molecular weight is 275 g/mol. The van der Waals surface area contributed by atoms with E-state index in [0.29, 0.717) is 6.04 Å². The van der Waals surface area contributed by atoms with Crippen LogP contribution in [0.5, 0.6) is 0 Å². The van der Waals surface area contributed by atoms with Crippen LogP contribution >= 0.6 is 0 Å². The van der Waals surface area contributed by atoms with Crippen LogP contribution in [0.2, 0.25) is 0 Å². The molecule has 2 rings (SSSR count). The second-order valence-corrected chi connectivity index (χ2v) is 6.30. The van der Waals surface area contributed by atoms with Gasteiger partial charge in [0.05, 0.1) is 6.10 Å². The van der Waals surface area contributed by atoms with E-state index in [4.69, 9.17) is 0 Å². The van der Waals surface area contributed by atoms with Crippen molar-refractivity contribution in [1.29, 1.82) is 0 Å². The fourth-order valence-corrected chi connectivity index (χ4v) is 3.19. The Morgan fingerprint density at radius 3 is 2.45 bits per heavy atom. The van der Waals surface area contributed by atoms with E-state index < -0.39 is 6.10 Å². The Bertz CT molecular complexity index is 423. The Balaban J connectivity index is 2.03. The van der Waals surface area contributed by atoms with Crippen LogP contribution in [0.15, 0.2) is 18.2 Å². The number of aryl methyl sites for hydroxylation is 2. The quantitative estimate of drug-likeness (QED) is 0.850. The molecule has 2 heteroatoms. The molecule has 2 atom stereocenters. The normalized spacial score (nSPS) is 19.8. The lowest BCUT2D eigenvalue weighted by Gasteiger charge is -2.31. The van der Waals surface area contributed by atoms with E-state index in [1.165, 1.54) is 43.2 Å². The van der Waals surface area contributed by atoms with Gasteiger partial charge >= 0.3 is 0 Å². The highest BCUT2D eigenvalue weighted by atomic mass is 16.3. The molecule has 0 bridgehead atoms. The minimum atomic E-state index is -0.402. The molecule has 1 saturated carbocycles. The fraction of sp³-hybridized carbons (Fsp3) is 0.667. The summed E-state index contributed by atoms with van der Waals surface area (Å²) in [4.78, 5) is 0. The molecule has 1 aromatic carbocycles.